The van der Waals surface area contributed by atoms with Crippen LogP contribution in [0.5, 0.6) is 0 Å². The number of rotatable bonds is 4. The summed E-state index contributed by atoms with van der Waals surface area (Å²) in [6.45, 7) is 0. The van der Waals surface area contributed by atoms with Crippen molar-refractivity contribution in [2.24, 2.45) is 0 Å². The first-order chi connectivity index (χ1) is 9.29. The Bertz CT molecular complexity index is 631. The zero-order valence-corrected chi connectivity index (χ0v) is 11.8. The summed E-state index contributed by atoms with van der Waals surface area (Å²) in [6.07, 6.45) is -1.01. The second-order valence-corrected chi connectivity index (χ2v) is 6.96. The number of halogens is 2. The maximum atomic E-state index is 13.0. The summed E-state index contributed by atoms with van der Waals surface area (Å²) in [6, 6.07) is 3.14. The molecule has 2 unspecified atom stereocenters. The third-order valence-corrected chi connectivity index (χ3v) is 5.11. The van der Waals surface area contributed by atoms with Gasteiger partial charge in [-0.1, -0.05) is 11.6 Å². The van der Waals surface area contributed by atoms with Gasteiger partial charge in [-0.15, -0.1) is 0 Å². The molecule has 1 heterocycles. The molecular weight excluding hydrogens is 311 g/mol. The fourth-order valence-corrected chi connectivity index (χ4v) is 3.77. The highest BCUT2D eigenvalue weighted by Crippen LogP contribution is 2.25. The largest absolute Gasteiger partial charge is 0.479 e. The van der Waals surface area contributed by atoms with Gasteiger partial charge in [0.15, 0.2) is 15.9 Å². The molecule has 1 aliphatic heterocycles. The molecular formula is C12H12ClFO5S. The molecule has 1 aliphatic rings. The van der Waals surface area contributed by atoms with Crippen LogP contribution < -0.4 is 0 Å². The second-order valence-electron chi connectivity index (χ2n) is 4.52. The maximum absolute atomic E-state index is 13.0. The monoisotopic (exact) mass is 322 g/mol. The van der Waals surface area contributed by atoms with Gasteiger partial charge < -0.3 is 9.84 Å². The highest BCUT2D eigenvalue weighted by molar-refractivity contribution is 7.91. The second kappa shape index (κ2) is 5.67. The molecule has 2 atom stereocenters. The van der Waals surface area contributed by atoms with Crippen LogP contribution in [0.15, 0.2) is 23.1 Å². The number of benzene rings is 1. The lowest BCUT2D eigenvalue weighted by atomic mass is 10.2. The quantitative estimate of drug-likeness (QED) is 0.856. The molecule has 20 heavy (non-hydrogen) atoms. The molecule has 110 valence electrons. The van der Waals surface area contributed by atoms with E-state index in [1.807, 2.05) is 0 Å². The van der Waals surface area contributed by atoms with Crippen molar-refractivity contribution >= 4 is 27.4 Å². The normalized spacial score (nSPS) is 22.9. The molecule has 0 spiro atoms. The highest BCUT2D eigenvalue weighted by atomic mass is 35.5. The number of carbonyl (C=O) groups is 1. The molecule has 2 rings (SSSR count). The molecule has 1 N–H and O–H groups in total. The van der Waals surface area contributed by atoms with Crippen molar-refractivity contribution in [3.05, 3.63) is 29.0 Å². The van der Waals surface area contributed by atoms with Crippen LogP contribution in [0.3, 0.4) is 0 Å². The van der Waals surface area contributed by atoms with Crippen molar-refractivity contribution in [3.63, 3.8) is 0 Å². The maximum Gasteiger partial charge on any atom is 0.332 e. The zero-order valence-electron chi connectivity index (χ0n) is 10.3. The van der Waals surface area contributed by atoms with Crippen molar-refractivity contribution in [3.8, 4) is 0 Å². The van der Waals surface area contributed by atoms with Crippen molar-refractivity contribution < 1.29 is 27.4 Å². The Hall–Kier alpha value is -1.18. The van der Waals surface area contributed by atoms with E-state index in [4.69, 9.17) is 21.4 Å². The van der Waals surface area contributed by atoms with E-state index < -0.39 is 33.8 Å². The van der Waals surface area contributed by atoms with E-state index in [1.165, 1.54) is 0 Å². The van der Waals surface area contributed by atoms with Gasteiger partial charge in [0.25, 0.3) is 0 Å². The van der Waals surface area contributed by atoms with E-state index in [2.05, 4.69) is 0 Å². The molecule has 0 aromatic heterocycles. The Morgan fingerprint density at radius 1 is 1.45 bits per heavy atom. The van der Waals surface area contributed by atoms with E-state index in [0.29, 0.717) is 6.42 Å². The molecule has 1 fully saturated rings. The number of carboxylic acid groups (broad SMARTS) is 1. The van der Waals surface area contributed by atoms with Gasteiger partial charge in [-0.25, -0.2) is 17.6 Å². The van der Waals surface area contributed by atoms with Gasteiger partial charge in [0.05, 0.1) is 21.8 Å². The van der Waals surface area contributed by atoms with Crippen LogP contribution in [0, 0.1) is 5.82 Å². The van der Waals surface area contributed by atoms with Crippen LogP contribution >= 0.6 is 11.6 Å². The zero-order chi connectivity index (χ0) is 14.9. The van der Waals surface area contributed by atoms with E-state index in [0.717, 1.165) is 18.2 Å². The van der Waals surface area contributed by atoms with Gasteiger partial charge in [-0.3, -0.25) is 0 Å². The van der Waals surface area contributed by atoms with E-state index in [9.17, 15) is 17.6 Å². The van der Waals surface area contributed by atoms with Gasteiger partial charge in [0.1, 0.15) is 5.82 Å². The molecule has 0 radical (unpaired) electrons. The number of carboxylic acids is 1. The Morgan fingerprint density at radius 3 is 2.70 bits per heavy atom. The van der Waals surface area contributed by atoms with Crippen LogP contribution in [-0.2, 0) is 19.4 Å². The summed E-state index contributed by atoms with van der Waals surface area (Å²) < 4.78 is 42.4. The summed E-state index contributed by atoms with van der Waals surface area (Å²) >= 11 is 5.55. The number of hydrogen-bond acceptors (Lipinski definition) is 4. The van der Waals surface area contributed by atoms with Crippen LogP contribution in [0.1, 0.15) is 12.8 Å². The molecule has 0 aliphatic carbocycles. The minimum Gasteiger partial charge on any atom is -0.479 e. The first-order valence-corrected chi connectivity index (χ1v) is 7.88. The van der Waals surface area contributed by atoms with Crippen LogP contribution in [0.2, 0.25) is 5.02 Å². The summed E-state index contributed by atoms with van der Waals surface area (Å²) in [4.78, 5) is 10.6. The summed E-state index contributed by atoms with van der Waals surface area (Å²) in [5, 5.41) is 8.50. The fraction of sp³-hybridized carbons (Fsp3) is 0.417. The number of hydrogen-bond donors (Lipinski definition) is 1. The molecule has 5 nitrogen and oxygen atoms in total. The van der Waals surface area contributed by atoms with Crippen molar-refractivity contribution in [2.45, 2.75) is 29.9 Å². The van der Waals surface area contributed by atoms with Gasteiger partial charge in [-0.2, -0.15) is 0 Å². The van der Waals surface area contributed by atoms with Gasteiger partial charge in [0, 0.05) is 0 Å². The molecule has 1 saturated heterocycles. The van der Waals surface area contributed by atoms with Crippen LogP contribution in [-0.4, -0.2) is 37.5 Å². The summed E-state index contributed by atoms with van der Waals surface area (Å²) in [5.74, 6) is -2.15. The SMILES string of the molecule is O=C(O)C1CCC(CS(=O)(=O)c2ccc(F)c(Cl)c2)O1. The van der Waals surface area contributed by atoms with Gasteiger partial charge in [0.2, 0.25) is 0 Å². The predicted octanol–water partition coefficient (Wildman–Crippen LogP) is 1.88. The molecule has 0 bridgehead atoms. The number of sulfone groups is 1. The van der Waals surface area contributed by atoms with Crippen LogP contribution in [0.25, 0.3) is 0 Å². The third-order valence-electron chi connectivity index (χ3n) is 3.04. The van der Waals surface area contributed by atoms with Crippen molar-refractivity contribution in [2.75, 3.05) is 5.75 Å². The topological polar surface area (TPSA) is 80.7 Å². The number of aliphatic carboxylic acids is 1. The Labute approximate surface area is 120 Å². The lowest BCUT2D eigenvalue weighted by molar-refractivity contribution is -0.148. The van der Waals surface area contributed by atoms with Gasteiger partial charge >= 0.3 is 5.97 Å². The molecule has 1 aromatic rings. The number of ether oxygens (including phenoxy) is 1. The third kappa shape index (κ3) is 3.28. The molecule has 1 aromatic carbocycles. The van der Waals surface area contributed by atoms with Crippen molar-refractivity contribution in [1.82, 2.24) is 0 Å². The van der Waals surface area contributed by atoms with Crippen molar-refractivity contribution in [1.29, 1.82) is 0 Å². The fourth-order valence-electron chi connectivity index (χ4n) is 2.02. The van der Waals surface area contributed by atoms with Gasteiger partial charge in [-0.05, 0) is 31.0 Å². The molecule has 8 heteroatoms. The Balaban J connectivity index is 2.12. The van der Waals surface area contributed by atoms with Crippen LogP contribution in [0.4, 0.5) is 4.39 Å². The first kappa shape index (κ1) is 15.2. The summed E-state index contributed by atoms with van der Waals surface area (Å²) in [5.41, 5.74) is 0. The first-order valence-electron chi connectivity index (χ1n) is 5.85. The van der Waals surface area contributed by atoms with E-state index in [-0.39, 0.29) is 22.1 Å². The van der Waals surface area contributed by atoms with E-state index in [1.54, 1.807) is 0 Å². The predicted molar refractivity (Wildman–Crippen MR) is 69.0 cm³/mol. The Morgan fingerprint density at radius 2 is 2.15 bits per heavy atom. The lowest BCUT2D eigenvalue weighted by Crippen LogP contribution is -2.25. The minimum absolute atomic E-state index is 0.105. The smallest absolute Gasteiger partial charge is 0.332 e. The van der Waals surface area contributed by atoms with E-state index >= 15 is 0 Å². The standard InChI is InChI=1S/C12H12ClFO5S/c13-9-5-8(2-3-10(9)14)20(17,18)6-7-1-4-11(19-7)12(15)16/h2-3,5,7,11H,1,4,6H2,(H,15,16). The highest BCUT2D eigenvalue weighted by Gasteiger charge is 2.33. The lowest BCUT2D eigenvalue weighted by Gasteiger charge is -2.12. The summed E-state index contributed by atoms with van der Waals surface area (Å²) in [7, 11) is -3.70. The minimum atomic E-state index is -3.70. The molecule has 0 saturated carbocycles. The average molecular weight is 323 g/mol. The Kier molecular flexibility index (Phi) is 4.31. The molecule has 0 amide bonds. The average Bonchev–Trinajstić information content (AvgIpc) is 2.80.